The van der Waals surface area contributed by atoms with Gasteiger partial charge in [0.2, 0.25) is 0 Å². The minimum atomic E-state index is -0.844. The monoisotopic (exact) mass is 375 g/mol. The first-order chi connectivity index (χ1) is 12.9. The molecular formula is C21H33N3O3. The van der Waals surface area contributed by atoms with Gasteiger partial charge in [-0.3, -0.25) is 9.69 Å². The van der Waals surface area contributed by atoms with Crippen LogP contribution >= 0.6 is 0 Å². The van der Waals surface area contributed by atoms with E-state index in [1.807, 2.05) is 30.3 Å². The highest BCUT2D eigenvalue weighted by Crippen LogP contribution is 2.17. The molecule has 6 nitrogen and oxygen atoms in total. The molecular weight excluding hydrogens is 342 g/mol. The van der Waals surface area contributed by atoms with Gasteiger partial charge in [-0.25, -0.2) is 4.79 Å². The third kappa shape index (κ3) is 7.99. The molecule has 0 aromatic heterocycles. The Morgan fingerprint density at radius 3 is 2.52 bits per heavy atom. The van der Waals surface area contributed by atoms with E-state index >= 15 is 0 Å². The molecule has 0 spiro atoms. The van der Waals surface area contributed by atoms with E-state index in [1.54, 1.807) is 0 Å². The van der Waals surface area contributed by atoms with Crippen molar-refractivity contribution in [1.82, 2.24) is 15.5 Å². The normalized spacial score (nSPS) is 17.9. The molecule has 1 heterocycles. The van der Waals surface area contributed by atoms with E-state index < -0.39 is 5.97 Å². The van der Waals surface area contributed by atoms with E-state index in [9.17, 15) is 9.59 Å². The summed E-state index contributed by atoms with van der Waals surface area (Å²) in [6.45, 7) is 7.19. The second-order valence-corrected chi connectivity index (χ2v) is 7.74. The lowest BCUT2D eigenvalue weighted by Crippen LogP contribution is -2.49. The topological polar surface area (TPSA) is 81.7 Å². The molecule has 2 unspecified atom stereocenters. The van der Waals surface area contributed by atoms with Crippen LogP contribution in [0.15, 0.2) is 30.3 Å². The number of hydrogen-bond acceptors (Lipinski definition) is 3. The Balaban J connectivity index is 1.80. The van der Waals surface area contributed by atoms with Crippen LogP contribution < -0.4 is 10.6 Å². The van der Waals surface area contributed by atoms with E-state index in [1.165, 1.54) is 12.8 Å². The quantitative estimate of drug-likeness (QED) is 0.620. The smallest absolute Gasteiger partial charge is 0.315 e. The summed E-state index contributed by atoms with van der Waals surface area (Å²) in [5.41, 5.74) is 1.09. The molecule has 0 bridgehead atoms. The molecule has 1 aliphatic heterocycles. The molecule has 1 aromatic rings. The maximum atomic E-state index is 12.3. The van der Waals surface area contributed by atoms with Crippen molar-refractivity contribution < 1.29 is 14.7 Å². The van der Waals surface area contributed by atoms with Crippen molar-refractivity contribution in [2.45, 2.75) is 58.0 Å². The molecule has 0 saturated carbocycles. The minimum absolute atomic E-state index is 0.0418. The molecule has 27 heavy (non-hydrogen) atoms. The van der Waals surface area contributed by atoms with Crippen molar-refractivity contribution in [1.29, 1.82) is 0 Å². The molecule has 0 radical (unpaired) electrons. The zero-order chi connectivity index (χ0) is 19.6. The first-order valence-corrected chi connectivity index (χ1v) is 9.98. The van der Waals surface area contributed by atoms with Gasteiger partial charge in [0.1, 0.15) is 0 Å². The number of nitrogens with one attached hydrogen (secondary N) is 2. The van der Waals surface area contributed by atoms with Crippen molar-refractivity contribution >= 4 is 12.0 Å². The highest BCUT2D eigenvalue weighted by atomic mass is 16.4. The summed E-state index contributed by atoms with van der Waals surface area (Å²) in [4.78, 5) is 25.7. The summed E-state index contributed by atoms with van der Waals surface area (Å²) >= 11 is 0. The van der Waals surface area contributed by atoms with Gasteiger partial charge in [0.05, 0.1) is 0 Å². The number of rotatable bonds is 9. The van der Waals surface area contributed by atoms with Crippen LogP contribution in [0, 0.1) is 5.92 Å². The number of benzene rings is 1. The average Bonchev–Trinajstić information content (AvgIpc) is 2.65. The summed E-state index contributed by atoms with van der Waals surface area (Å²) in [6, 6.07) is 9.70. The van der Waals surface area contributed by atoms with Crippen molar-refractivity contribution in [2.24, 2.45) is 5.92 Å². The number of carbonyl (C=O) groups excluding carboxylic acids is 1. The summed E-state index contributed by atoms with van der Waals surface area (Å²) in [5.74, 6) is -0.0547. The number of nitrogens with zero attached hydrogens (tertiary/aromatic N) is 1. The van der Waals surface area contributed by atoms with E-state index in [4.69, 9.17) is 5.11 Å². The minimum Gasteiger partial charge on any atom is -0.481 e. The van der Waals surface area contributed by atoms with Crippen LogP contribution in [0.5, 0.6) is 0 Å². The predicted molar refractivity (Wildman–Crippen MR) is 107 cm³/mol. The summed E-state index contributed by atoms with van der Waals surface area (Å²) < 4.78 is 0. The number of carboxylic acid groups (broad SMARTS) is 1. The number of aliphatic carboxylic acids is 1. The number of urea groups is 1. The van der Waals surface area contributed by atoms with Crippen molar-refractivity contribution in [3.63, 3.8) is 0 Å². The summed E-state index contributed by atoms with van der Waals surface area (Å²) in [5, 5.41) is 14.9. The van der Waals surface area contributed by atoms with Gasteiger partial charge in [-0.15, -0.1) is 0 Å². The predicted octanol–water partition coefficient (Wildman–Crippen LogP) is 2.88. The van der Waals surface area contributed by atoms with Crippen LogP contribution in [0.3, 0.4) is 0 Å². The fourth-order valence-electron chi connectivity index (χ4n) is 3.50. The fourth-order valence-corrected chi connectivity index (χ4v) is 3.50. The lowest BCUT2D eigenvalue weighted by atomic mass is 9.98. The maximum absolute atomic E-state index is 12.3. The molecule has 0 aliphatic carbocycles. The summed E-state index contributed by atoms with van der Waals surface area (Å²) in [6.07, 6.45) is 3.51. The Bertz CT molecular complexity index is 586. The summed E-state index contributed by atoms with van der Waals surface area (Å²) in [7, 11) is 0. The largest absolute Gasteiger partial charge is 0.481 e. The van der Waals surface area contributed by atoms with Gasteiger partial charge in [0.15, 0.2) is 0 Å². The lowest BCUT2D eigenvalue weighted by molar-refractivity contribution is -0.137. The second-order valence-electron chi connectivity index (χ2n) is 7.74. The Morgan fingerprint density at radius 2 is 1.89 bits per heavy atom. The van der Waals surface area contributed by atoms with Crippen molar-refractivity contribution in [2.75, 3.05) is 19.6 Å². The molecule has 2 atom stereocenters. The zero-order valence-corrected chi connectivity index (χ0v) is 16.5. The SMILES string of the molecule is CC1CCN(C(C)CNC(=O)NC(CCC(=O)O)Cc2ccccc2)CC1. The highest BCUT2D eigenvalue weighted by Gasteiger charge is 2.21. The number of piperidine rings is 1. The van der Waals surface area contributed by atoms with Gasteiger partial charge >= 0.3 is 12.0 Å². The van der Waals surface area contributed by atoms with Crippen molar-refractivity contribution in [3.05, 3.63) is 35.9 Å². The van der Waals surface area contributed by atoms with E-state index in [0.29, 0.717) is 25.4 Å². The van der Waals surface area contributed by atoms with E-state index in [2.05, 4.69) is 29.4 Å². The molecule has 2 rings (SSSR count). The Labute approximate surface area is 162 Å². The van der Waals surface area contributed by atoms with Crippen LogP contribution in [-0.2, 0) is 11.2 Å². The second kappa shape index (κ2) is 10.9. The van der Waals surface area contributed by atoms with Gasteiger partial charge in [-0.05, 0) is 57.2 Å². The molecule has 3 N–H and O–H groups in total. The molecule has 1 aliphatic rings. The lowest BCUT2D eigenvalue weighted by Gasteiger charge is -2.35. The highest BCUT2D eigenvalue weighted by molar-refractivity contribution is 5.74. The number of carbonyl (C=O) groups is 2. The number of hydrogen-bond donors (Lipinski definition) is 3. The molecule has 1 fully saturated rings. The molecule has 6 heteroatoms. The average molecular weight is 376 g/mol. The standard InChI is InChI=1S/C21H33N3O3/c1-16-10-12-24(13-11-16)17(2)15-22-21(27)23-19(8-9-20(25)26)14-18-6-4-3-5-7-18/h3-7,16-17,19H,8-15H2,1-2H3,(H,25,26)(H2,22,23,27). The third-order valence-corrected chi connectivity index (χ3v) is 5.37. The molecule has 1 aromatic carbocycles. The van der Waals surface area contributed by atoms with E-state index in [0.717, 1.165) is 24.6 Å². The van der Waals surface area contributed by atoms with Crippen LogP contribution in [0.25, 0.3) is 0 Å². The Kier molecular flexibility index (Phi) is 8.58. The maximum Gasteiger partial charge on any atom is 0.315 e. The molecule has 1 saturated heterocycles. The van der Waals surface area contributed by atoms with Crippen molar-refractivity contribution in [3.8, 4) is 0 Å². The Morgan fingerprint density at radius 1 is 1.22 bits per heavy atom. The van der Waals surface area contributed by atoms with Gasteiger partial charge in [-0.2, -0.15) is 0 Å². The Hall–Kier alpha value is -2.08. The number of carboxylic acids is 1. The zero-order valence-electron chi connectivity index (χ0n) is 16.5. The van der Waals surface area contributed by atoms with E-state index in [-0.39, 0.29) is 18.5 Å². The van der Waals surface area contributed by atoms with Gasteiger partial charge in [0, 0.05) is 25.0 Å². The first-order valence-electron chi connectivity index (χ1n) is 9.98. The van der Waals surface area contributed by atoms with Gasteiger partial charge in [-0.1, -0.05) is 37.3 Å². The van der Waals surface area contributed by atoms with Crippen LogP contribution in [-0.4, -0.2) is 53.7 Å². The number of amides is 2. The van der Waals surface area contributed by atoms with Gasteiger partial charge in [0.25, 0.3) is 0 Å². The molecule has 2 amide bonds. The number of likely N-dealkylation sites (tertiary alicyclic amines) is 1. The van der Waals surface area contributed by atoms with Crippen LogP contribution in [0.2, 0.25) is 0 Å². The van der Waals surface area contributed by atoms with Gasteiger partial charge < -0.3 is 15.7 Å². The first kappa shape index (κ1) is 21.2. The van der Waals surface area contributed by atoms with Crippen LogP contribution in [0.4, 0.5) is 4.79 Å². The van der Waals surface area contributed by atoms with Crippen LogP contribution in [0.1, 0.15) is 45.1 Å². The third-order valence-electron chi connectivity index (χ3n) is 5.37. The molecule has 150 valence electrons. The fraction of sp³-hybridized carbons (Fsp3) is 0.619.